The van der Waals surface area contributed by atoms with Gasteiger partial charge in [0, 0.05) is 5.25 Å². The molecule has 0 bridgehead atoms. The standard InChI is InChI=1S/C27H55O6PS/c1-5-8-10-12-14-15-17-19-21-24-35-26(22-20-18-16-13-11-9-6-2)25(4)32-34(30,31-23-7-3)33-27(28)29/h25-26H,5-24H2,1-4H3,(H,28,29). The highest BCUT2D eigenvalue weighted by Gasteiger charge is 2.35. The molecule has 1 N–H and O–H groups in total. The summed E-state index contributed by atoms with van der Waals surface area (Å²) in [5.41, 5.74) is 0. The molecule has 3 atom stereocenters. The second kappa shape index (κ2) is 24.1. The maximum atomic E-state index is 12.9. The van der Waals surface area contributed by atoms with Gasteiger partial charge < -0.3 is 9.63 Å². The zero-order chi connectivity index (χ0) is 26.2. The Kier molecular flexibility index (Phi) is 24.0. The number of hydrogen-bond acceptors (Lipinski definition) is 6. The van der Waals surface area contributed by atoms with E-state index in [9.17, 15) is 9.36 Å². The Hall–Kier alpha value is -0.230. The largest absolute Gasteiger partial charge is 0.534 e. The van der Waals surface area contributed by atoms with Gasteiger partial charge in [-0.15, -0.1) is 0 Å². The summed E-state index contributed by atoms with van der Waals surface area (Å²) in [7, 11) is -4.14. The Morgan fingerprint density at radius 2 is 1.26 bits per heavy atom. The van der Waals surface area contributed by atoms with E-state index in [0.29, 0.717) is 6.42 Å². The average Bonchev–Trinajstić information content (AvgIpc) is 2.81. The fourth-order valence-corrected chi connectivity index (χ4v) is 6.78. The minimum absolute atomic E-state index is 0.130. The highest BCUT2D eigenvalue weighted by molar-refractivity contribution is 7.99. The molecule has 0 rings (SSSR count). The first kappa shape index (κ1) is 34.8. The summed E-state index contributed by atoms with van der Waals surface area (Å²) in [4.78, 5) is 11.1. The molecule has 0 aliphatic rings. The summed E-state index contributed by atoms with van der Waals surface area (Å²) in [6.45, 7) is 8.33. The minimum Gasteiger partial charge on any atom is -0.449 e. The topological polar surface area (TPSA) is 82.1 Å². The maximum Gasteiger partial charge on any atom is 0.534 e. The van der Waals surface area contributed by atoms with Crippen LogP contribution in [0.1, 0.15) is 143 Å². The van der Waals surface area contributed by atoms with Crippen LogP contribution in [0.4, 0.5) is 4.79 Å². The molecule has 0 spiro atoms. The van der Waals surface area contributed by atoms with Gasteiger partial charge in [0.2, 0.25) is 0 Å². The van der Waals surface area contributed by atoms with Crippen LogP contribution in [-0.2, 0) is 18.1 Å². The monoisotopic (exact) mass is 538 g/mol. The van der Waals surface area contributed by atoms with Crippen LogP contribution in [0.2, 0.25) is 0 Å². The highest BCUT2D eigenvalue weighted by Crippen LogP contribution is 2.52. The molecule has 0 heterocycles. The van der Waals surface area contributed by atoms with Crippen molar-refractivity contribution >= 4 is 25.7 Å². The van der Waals surface area contributed by atoms with Crippen LogP contribution in [0.25, 0.3) is 0 Å². The molecule has 6 nitrogen and oxygen atoms in total. The molecule has 0 aliphatic heterocycles. The number of carboxylic acid groups (broad SMARTS) is 1. The molecule has 210 valence electrons. The van der Waals surface area contributed by atoms with Crippen LogP contribution in [0.3, 0.4) is 0 Å². The van der Waals surface area contributed by atoms with Gasteiger partial charge in [-0.05, 0) is 31.9 Å². The number of rotatable bonds is 26. The van der Waals surface area contributed by atoms with E-state index in [4.69, 9.17) is 14.2 Å². The van der Waals surface area contributed by atoms with Crippen molar-refractivity contribution in [2.75, 3.05) is 12.4 Å². The molecule has 0 aliphatic carbocycles. The number of phosphoric ester groups is 1. The van der Waals surface area contributed by atoms with Gasteiger partial charge in [0.25, 0.3) is 0 Å². The molecule has 0 radical (unpaired) electrons. The Labute approximate surface area is 220 Å². The van der Waals surface area contributed by atoms with Gasteiger partial charge in [-0.25, -0.2) is 9.36 Å². The Morgan fingerprint density at radius 1 is 0.771 bits per heavy atom. The minimum atomic E-state index is -4.14. The van der Waals surface area contributed by atoms with Crippen LogP contribution in [-0.4, -0.2) is 35.0 Å². The van der Waals surface area contributed by atoms with E-state index in [1.165, 1.54) is 89.9 Å². The van der Waals surface area contributed by atoms with Crippen molar-refractivity contribution < 1.29 is 28.0 Å². The molecule has 0 aromatic carbocycles. The third-order valence-electron chi connectivity index (χ3n) is 6.13. The van der Waals surface area contributed by atoms with Crippen molar-refractivity contribution in [3.05, 3.63) is 0 Å². The smallest absolute Gasteiger partial charge is 0.449 e. The highest BCUT2D eigenvalue weighted by atomic mass is 32.2. The molecule has 8 heteroatoms. The van der Waals surface area contributed by atoms with Gasteiger partial charge in [-0.2, -0.15) is 11.8 Å². The Balaban J connectivity index is 4.60. The fourth-order valence-electron chi connectivity index (χ4n) is 4.05. The number of hydrogen-bond donors (Lipinski definition) is 1. The summed E-state index contributed by atoms with van der Waals surface area (Å²) in [5, 5.41) is 9.14. The van der Waals surface area contributed by atoms with Gasteiger partial charge in [-0.1, -0.05) is 117 Å². The molecule has 0 aromatic heterocycles. The molecule has 0 saturated carbocycles. The second-order valence-electron chi connectivity index (χ2n) is 9.60. The summed E-state index contributed by atoms with van der Waals surface area (Å²) in [6.07, 6.45) is 19.9. The van der Waals surface area contributed by atoms with Gasteiger partial charge in [0.05, 0.1) is 12.7 Å². The number of phosphoric acid groups is 1. The van der Waals surface area contributed by atoms with E-state index >= 15 is 0 Å². The average molecular weight is 539 g/mol. The van der Waals surface area contributed by atoms with Gasteiger partial charge in [0.15, 0.2) is 0 Å². The quantitative estimate of drug-likeness (QED) is 0.0866. The number of unbranched alkanes of at least 4 members (excludes halogenated alkanes) is 14. The molecule has 0 aromatic rings. The predicted octanol–water partition coefficient (Wildman–Crippen LogP) is 10.4. The van der Waals surface area contributed by atoms with Crippen molar-refractivity contribution in [3.63, 3.8) is 0 Å². The van der Waals surface area contributed by atoms with E-state index in [1.54, 1.807) is 0 Å². The fraction of sp³-hybridized carbons (Fsp3) is 0.963. The van der Waals surface area contributed by atoms with Crippen molar-refractivity contribution in [2.45, 2.75) is 155 Å². The van der Waals surface area contributed by atoms with E-state index in [-0.39, 0.29) is 11.9 Å². The Morgan fingerprint density at radius 3 is 1.74 bits per heavy atom. The summed E-state index contributed by atoms with van der Waals surface area (Å²) in [6, 6.07) is 0. The van der Waals surface area contributed by atoms with Crippen LogP contribution in [0, 0.1) is 0 Å². The summed E-state index contributed by atoms with van der Waals surface area (Å²) >= 11 is 1.86. The van der Waals surface area contributed by atoms with Gasteiger partial charge in [0.1, 0.15) is 0 Å². The van der Waals surface area contributed by atoms with Crippen LogP contribution < -0.4 is 0 Å². The van der Waals surface area contributed by atoms with Crippen LogP contribution >= 0.6 is 19.6 Å². The zero-order valence-corrected chi connectivity index (χ0v) is 24.9. The van der Waals surface area contributed by atoms with E-state index in [1.807, 2.05) is 25.6 Å². The van der Waals surface area contributed by atoms with Crippen LogP contribution in [0.5, 0.6) is 0 Å². The molecular formula is C27H55O6PS. The van der Waals surface area contributed by atoms with E-state index < -0.39 is 20.1 Å². The first-order valence-electron chi connectivity index (χ1n) is 14.4. The lowest BCUT2D eigenvalue weighted by Crippen LogP contribution is -2.24. The third kappa shape index (κ3) is 21.6. The maximum absolute atomic E-state index is 12.9. The third-order valence-corrected chi connectivity index (χ3v) is 9.18. The molecule has 3 unspecified atom stereocenters. The first-order chi connectivity index (χ1) is 16.9. The van der Waals surface area contributed by atoms with Crippen molar-refractivity contribution in [1.29, 1.82) is 0 Å². The number of carbonyl (C=O) groups is 1. The summed E-state index contributed by atoms with van der Waals surface area (Å²) in [5.74, 6) is 1.03. The lowest BCUT2D eigenvalue weighted by atomic mass is 10.1. The molecule has 0 fully saturated rings. The molecule has 0 saturated heterocycles. The van der Waals surface area contributed by atoms with Crippen molar-refractivity contribution in [3.8, 4) is 0 Å². The first-order valence-corrected chi connectivity index (χ1v) is 16.9. The lowest BCUT2D eigenvalue weighted by molar-refractivity contribution is 0.0764. The van der Waals surface area contributed by atoms with Gasteiger partial charge >= 0.3 is 14.0 Å². The predicted molar refractivity (Wildman–Crippen MR) is 150 cm³/mol. The second-order valence-corrected chi connectivity index (χ2v) is 12.5. The van der Waals surface area contributed by atoms with Crippen molar-refractivity contribution in [1.82, 2.24) is 0 Å². The SMILES string of the molecule is CCCCCCCCCCCSC(CCCCCCCCC)C(C)OP(=O)(OCCC)OC(=O)O. The number of thioether (sulfide) groups is 1. The van der Waals surface area contributed by atoms with E-state index in [2.05, 4.69) is 18.4 Å². The van der Waals surface area contributed by atoms with Crippen molar-refractivity contribution in [2.24, 2.45) is 0 Å². The molecule has 35 heavy (non-hydrogen) atoms. The van der Waals surface area contributed by atoms with Gasteiger partial charge in [-0.3, -0.25) is 9.05 Å². The van der Waals surface area contributed by atoms with E-state index in [0.717, 1.165) is 25.0 Å². The lowest BCUT2D eigenvalue weighted by Gasteiger charge is -2.26. The molecular weight excluding hydrogens is 483 g/mol. The Bertz CT molecular complexity index is 534. The zero-order valence-electron chi connectivity index (χ0n) is 23.1. The van der Waals surface area contributed by atoms with Crippen LogP contribution in [0.15, 0.2) is 0 Å². The normalized spacial score (nSPS) is 15.0. The summed E-state index contributed by atoms with van der Waals surface area (Å²) < 4.78 is 28.3. The molecule has 0 amide bonds.